The minimum Gasteiger partial charge on any atom is -0.374 e. The normalized spacial score (nSPS) is 31.6. The summed E-state index contributed by atoms with van der Waals surface area (Å²) in [6.45, 7) is 3.02. The quantitative estimate of drug-likeness (QED) is 0.868. The number of benzene rings is 1. The standard InChI is InChI=1S/C16H22BrNOS/c1-11-13(3-2-4-14(11)17)15(18)12-5-7-19-16(9-12)6-8-20-10-16/h2-4,12,15H,5-10,18H2,1H3. The first-order chi connectivity index (χ1) is 9.61. The fourth-order valence-corrected chi connectivity index (χ4v) is 5.23. The fourth-order valence-electron chi connectivity index (χ4n) is 3.47. The van der Waals surface area contributed by atoms with Crippen molar-refractivity contribution < 1.29 is 4.74 Å². The van der Waals surface area contributed by atoms with E-state index in [0.717, 1.165) is 29.7 Å². The van der Waals surface area contributed by atoms with Crippen LogP contribution in [0.1, 0.15) is 36.4 Å². The van der Waals surface area contributed by atoms with Crippen molar-refractivity contribution in [1.82, 2.24) is 0 Å². The smallest absolute Gasteiger partial charge is 0.0783 e. The Morgan fingerprint density at radius 3 is 3.10 bits per heavy atom. The average molecular weight is 356 g/mol. The number of hydrogen-bond donors (Lipinski definition) is 1. The second-order valence-corrected chi connectivity index (χ2v) is 8.03. The molecule has 2 saturated heterocycles. The van der Waals surface area contributed by atoms with Gasteiger partial charge in [-0.05, 0) is 55.1 Å². The first-order valence-electron chi connectivity index (χ1n) is 7.34. The van der Waals surface area contributed by atoms with Crippen LogP contribution in [0.3, 0.4) is 0 Å². The van der Waals surface area contributed by atoms with Crippen LogP contribution in [0, 0.1) is 12.8 Å². The molecule has 0 saturated carbocycles. The van der Waals surface area contributed by atoms with Gasteiger partial charge in [0.05, 0.1) is 5.60 Å². The maximum absolute atomic E-state index is 6.61. The summed E-state index contributed by atoms with van der Waals surface area (Å²) in [6, 6.07) is 6.48. The number of halogens is 1. The first kappa shape index (κ1) is 14.9. The lowest BCUT2D eigenvalue weighted by Crippen LogP contribution is -2.42. The lowest BCUT2D eigenvalue weighted by Gasteiger charge is -2.40. The highest BCUT2D eigenvalue weighted by Gasteiger charge is 2.42. The van der Waals surface area contributed by atoms with Crippen molar-refractivity contribution in [2.45, 2.75) is 37.8 Å². The van der Waals surface area contributed by atoms with E-state index in [9.17, 15) is 0 Å². The summed E-state index contributed by atoms with van der Waals surface area (Å²) >= 11 is 5.64. The Hall–Kier alpha value is -0.0300. The van der Waals surface area contributed by atoms with Gasteiger partial charge in [-0.25, -0.2) is 0 Å². The van der Waals surface area contributed by atoms with E-state index in [0.29, 0.717) is 5.92 Å². The number of nitrogens with two attached hydrogens (primary N) is 1. The maximum Gasteiger partial charge on any atom is 0.0783 e. The van der Waals surface area contributed by atoms with Crippen molar-refractivity contribution in [1.29, 1.82) is 0 Å². The molecule has 3 rings (SSSR count). The summed E-state index contributed by atoms with van der Waals surface area (Å²) in [5.74, 6) is 2.92. The molecule has 3 unspecified atom stereocenters. The molecule has 2 fully saturated rings. The zero-order chi connectivity index (χ0) is 14.2. The Labute approximate surface area is 134 Å². The van der Waals surface area contributed by atoms with Gasteiger partial charge in [0.2, 0.25) is 0 Å². The van der Waals surface area contributed by atoms with Gasteiger partial charge in [-0.3, -0.25) is 0 Å². The SMILES string of the molecule is Cc1c(Br)cccc1C(N)C1CCOC2(CCSC2)C1. The van der Waals surface area contributed by atoms with Crippen molar-refractivity contribution in [3.8, 4) is 0 Å². The molecule has 0 bridgehead atoms. The highest BCUT2D eigenvalue weighted by Crippen LogP contribution is 2.44. The van der Waals surface area contributed by atoms with Crippen LogP contribution < -0.4 is 5.73 Å². The minimum atomic E-state index is 0.116. The van der Waals surface area contributed by atoms with Crippen LogP contribution in [0.15, 0.2) is 22.7 Å². The molecule has 2 aliphatic heterocycles. The molecule has 20 heavy (non-hydrogen) atoms. The maximum atomic E-state index is 6.61. The Morgan fingerprint density at radius 1 is 1.50 bits per heavy atom. The largest absolute Gasteiger partial charge is 0.374 e. The van der Waals surface area contributed by atoms with Crippen molar-refractivity contribution >= 4 is 27.7 Å². The van der Waals surface area contributed by atoms with Gasteiger partial charge in [0.1, 0.15) is 0 Å². The van der Waals surface area contributed by atoms with E-state index >= 15 is 0 Å². The molecule has 4 heteroatoms. The van der Waals surface area contributed by atoms with Gasteiger partial charge in [-0.2, -0.15) is 11.8 Å². The zero-order valence-corrected chi connectivity index (χ0v) is 14.3. The molecule has 2 nitrogen and oxygen atoms in total. The molecule has 1 spiro atoms. The topological polar surface area (TPSA) is 35.2 Å². The second-order valence-electron chi connectivity index (χ2n) is 6.07. The Bertz CT molecular complexity index is 487. The monoisotopic (exact) mass is 355 g/mol. The summed E-state index contributed by atoms with van der Waals surface area (Å²) < 4.78 is 7.27. The van der Waals surface area contributed by atoms with Crippen LogP contribution in [0.4, 0.5) is 0 Å². The predicted molar refractivity (Wildman–Crippen MR) is 89.2 cm³/mol. The van der Waals surface area contributed by atoms with Crippen LogP contribution >= 0.6 is 27.7 Å². The lowest BCUT2D eigenvalue weighted by molar-refractivity contribution is -0.0834. The van der Waals surface area contributed by atoms with Crippen molar-refractivity contribution in [2.24, 2.45) is 11.7 Å². The third-order valence-corrected chi connectivity index (χ3v) is 6.86. The zero-order valence-electron chi connectivity index (χ0n) is 11.9. The van der Waals surface area contributed by atoms with E-state index in [-0.39, 0.29) is 11.6 Å². The summed E-state index contributed by atoms with van der Waals surface area (Å²) in [4.78, 5) is 0. The summed E-state index contributed by atoms with van der Waals surface area (Å²) in [5.41, 5.74) is 9.29. The van der Waals surface area contributed by atoms with Crippen molar-refractivity contribution in [2.75, 3.05) is 18.1 Å². The van der Waals surface area contributed by atoms with Gasteiger partial charge in [0.15, 0.2) is 0 Å². The Balaban J connectivity index is 1.79. The number of hydrogen-bond acceptors (Lipinski definition) is 3. The lowest BCUT2D eigenvalue weighted by atomic mass is 9.78. The number of rotatable bonds is 2. The van der Waals surface area contributed by atoms with Gasteiger partial charge in [0, 0.05) is 22.9 Å². The van der Waals surface area contributed by atoms with E-state index in [2.05, 4.69) is 41.1 Å². The molecule has 0 aliphatic carbocycles. The van der Waals surface area contributed by atoms with Gasteiger partial charge in [-0.15, -0.1) is 0 Å². The van der Waals surface area contributed by atoms with Crippen LogP contribution in [-0.2, 0) is 4.74 Å². The molecular weight excluding hydrogens is 334 g/mol. The van der Waals surface area contributed by atoms with Gasteiger partial charge < -0.3 is 10.5 Å². The minimum absolute atomic E-state index is 0.116. The van der Waals surface area contributed by atoms with E-state index in [1.165, 1.54) is 23.3 Å². The van der Waals surface area contributed by atoms with E-state index in [4.69, 9.17) is 10.5 Å². The van der Waals surface area contributed by atoms with Gasteiger partial charge >= 0.3 is 0 Å². The van der Waals surface area contributed by atoms with Crippen LogP contribution in [0.2, 0.25) is 0 Å². The van der Waals surface area contributed by atoms with Crippen LogP contribution in [-0.4, -0.2) is 23.7 Å². The first-order valence-corrected chi connectivity index (χ1v) is 9.28. The second kappa shape index (κ2) is 5.99. The number of ether oxygens (including phenoxy) is 1. The van der Waals surface area contributed by atoms with E-state index in [1.54, 1.807) is 0 Å². The highest BCUT2D eigenvalue weighted by molar-refractivity contribution is 9.10. The Morgan fingerprint density at radius 2 is 2.35 bits per heavy atom. The van der Waals surface area contributed by atoms with Gasteiger partial charge in [0.25, 0.3) is 0 Å². The Kier molecular flexibility index (Phi) is 4.46. The average Bonchev–Trinajstić information content (AvgIpc) is 2.89. The fraction of sp³-hybridized carbons (Fsp3) is 0.625. The van der Waals surface area contributed by atoms with Crippen LogP contribution in [0.5, 0.6) is 0 Å². The molecule has 2 aliphatic rings. The molecule has 3 atom stereocenters. The molecule has 110 valence electrons. The summed E-state index contributed by atoms with van der Waals surface area (Å²) in [5, 5.41) is 0. The number of thioether (sulfide) groups is 1. The highest BCUT2D eigenvalue weighted by atomic mass is 79.9. The van der Waals surface area contributed by atoms with E-state index < -0.39 is 0 Å². The molecule has 0 aromatic heterocycles. The molecular formula is C16H22BrNOS. The van der Waals surface area contributed by atoms with Gasteiger partial charge in [-0.1, -0.05) is 28.1 Å². The van der Waals surface area contributed by atoms with Crippen molar-refractivity contribution in [3.63, 3.8) is 0 Å². The molecule has 2 heterocycles. The molecule has 0 amide bonds. The predicted octanol–water partition coefficient (Wildman–Crippen LogP) is 4.06. The third kappa shape index (κ3) is 2.80. The summed E-state index contributed by atoms with van der Waals surface area (Å²) in [6.07, 6.45) is 3.39. The van der Waals surface area contributed by atoms with E-state index in [1.807, 2.05) is 11.8 Å². The third-order valence-electron chi connectivity index (χ3n) is 4.77. The molecule has 1 aromatic rings. The molecule has 0 radical (unpaired) electrons. The van der Waals surface area contributed by atoms with Crippen molar-refractivity contribution in [3.05, 3.63) is 33.8 Å². The van der Waals surface area contributed by atoms with Crippen LogP contribution in [0.25, 0.3) is 0 Å². The molecule has 1 aromatic carbocycles. The molecule has 2 N–H and O–H groups in total. The summed E-state index contributed by atoms with van der Waals surface area (Å²) in [7, 11) is 0.